The van der Waals surface area contributed by atoms with E-state index >= 15 is 0 Å². The second-order valence-electron chi connectivity index (χ2n) is 3.05. The fourth-order valence-electron chi connectivity index (χ4n) is 1.12. The first kappa shape index (κ1) is 13.2. The molecule has 1 atom stereocenters. The van der Waals surface area contributed by atoms with Gasteiger partial charge in [0.25, 0.3) is 0 Å². The molecule has 0 aromatic heterocycles. The predicted octanol–water partition coefficient (Wildman–Crippen LogP) is 2.20. The Morgan fingerprint density at radius 3 is 2.94 bits per heavy atom. The fourth-order valence-corrected chi connectivity index (χ4v) is 2.37. The molecule has 3 N–H and O–H groups in total. The van der Waals surface area contributed by atoms with Gasteiger partial charge >= 0.3 is 5.97 Å². The van der Waals surface area contributed by atoms with Crippen molar-refractivity contribution < 1.29 is 14.6 Å². The Bertz CT molecular complexity index is 386. The summed E-state index contributed by atoms with van der Waals surface area (Å²) in [5.74, 6) is -0.295. The van der Waals surface area contributed by atoms with Gasteiger partial charge in [-0.3, -0.25) is 4.79 Å². The number of hydrogen-bond donors (Lipinski definition) is 2. The number of rotatable bonds is 5. The van der Waals surface area contributed by atoms with Gasteiger partial charge in [-0.2, -0.15) is 0 Å². The van der Waals surface area contributed by atoms with E-state index in [1.807, 2.05) is 0 Å². The molecule has 1 unspecified atom stereocenters. The van der Waals surface area contributed by atoms with Crippen LogP contribution < -0.4 is 10.5 Å². The highest BCUT2D eigenvalue weighted by molar-refractivity contribution is 8.00. The normalized spacial score (nSPS) is 12.2. The number of halogens is 1. The lowest BCUT2D eigenvalue weighted by Crippen LogP contribution is -2.19. The Morgan fingerprint density at radius 1 is 1.69 bits per heavy atom. The highest BCUT2D eigenvalue weighted by Crippen LogP contribution is 2.33. The molecule has 0 heterocycles. The lowest BCUT2D eigenvalue weighted by Gasteiger charge is -2.12. The molecule has 16 heavy (non-hydrogen) atoms. The summed E-state index contributed by atoms with van der Waals surface area (Å²) in [5, 5.41) is 8.63. The summed E-state index contributed by atoms with van der Waals surface area (Å²) in [4.78, 5) is 11.2. The summed E-state index contributed by atoms with van der Waals surface area (Å²) in [6.07, 6.45) is -0.111. The van der Waals surface area contributed by atoms with Gasteiger partial charge in [0.2, 0.25) is 0 Å². The van der Waals surface area contributed by atoms with E-state index in [9.17, 15) is 4.79 Å². The lowest BCUT2D eigenvalue weighted by molar-refractivity contribution is -0.136. The Morgan fingerprint density at radius 2 is 2.38 bits per heavy atom. The number of ether oxygens (including phenoxy) is 1. The van der Waals surface area contributed by atoms with Crippen LogP contribution in [0.2, 0.25) is 5.02 Å². The van der Waals surface area contributed by atoms with E-state index in [4.69, 9.17) is 27.2 Å². The number of nitrogens with two attached hydrogens (primary N) is 1. The average molecular weight is 262 g/mol. The number of carboxylic acids is 1. The molecule has 1 rings (SSSR count). The van der Waals surface area contributed by atoms with Crippen molar-refractivity contribution in [2.75, 3.05) is 7.11 Å². The van der Waals surface area contributed by atoms with Gasteiger partial charge in [0.15, 0.2) is 0 Å². The van der Waals surface area contributed by atoms with Crippen molar-refractivity contribution in [3.63, 3.8) is 0 Å². The molecule has 0 aliphatic heterocycles. The van der Waals surface area contributed by atoms with E-state index in [0.717, 1.165) is 4.90 Å². The van der Waals surface area contributed by atoms with E-state index in [2.05, 4.69) is 0 Å². The van der Waals surface area contributed by atoms with Gasteiger partial charge in [-0.1, -0.05) is 11.6 Å². The van der Waals surface area contributed by atoms with Gasteiger partial charge in [0, 0.05) is 5.02 Å². The molecule has 0 radical (unpaired) electrons. The summed E-state index contributed by atoms with van der Waals surface area (Å²) in [6, 6.07) is 5.12. The highest BCUT2D eigenvalue weighted by atomic mass is 35.5. The first-order valence-electron chi connectivity index (χ1n) is 4.50. The molecular weight excluding hydrogens is 250 g/mol. The number of aliphatic carboxylic acids is 1. The van der Waals surface area contributed by atoms with Crippen LogP contribution in [0.5, 0.6) is 5.75 Å². The van der Waals surface area contributed by atoms with Crippen molar-refractivity contribution >= 4 is 29.3 Å². The number of benzene rings is 1. The zero-order valence-corrected chi connectivity index (χ0v) is 10.2. The SMILES string of the molecule is COc1ccc(Cl)cc1SC(N)CC(=O)O. The predicted molar refractivity (Wildman–Crippen MR) is 64.1 cm³/mol. The van der Waals surface area contributed by atoms with E-state index in [0.29, 0.717) is 10.8 Å². The van der Waals surface area contributed by atoms with Crippen molar-refractivity contribution in [2.45, 2.75) is 16.7 Å². The third kappa shape index (κ3) is 3.92. The topological polar surface area (TPSA) is 72.5 Å². The van der Waals surface area contributed by atoms with E-state index in [1.54, 1.807) is 18.2 Å². The van der Waals surface area contributed by atoms with Gasteiger partial charge in [0.05, 0.1) is 23.8 Å². The highest BCUT2D eigenvalue weighted by Gasteiger charge is 2.13. The standard InChI is InChI=1S/C10H12ClNO3S/c1-15-7-3-2-6(11)4-8(7)16-9(12)5-10(13)14/h2-4,9H,5,12H2,1H3,(H,13,14). The Labute approximate surface area is 103 Å². The maximum atomic E-state index is 10.5. The van der Waals surface area contributed by atoms with Crippen LogP contribution in [0.25, 0.3) is 0 Å². The molecule has 0 bridgehead atoms. The van der Waals surface area contributed by atoms with Gasteiger partial charge < -0.3 is 15.6 Å². The zero-order valence-electron chi connectivity index (χ0n) is 8.64. The Kier molecular flexibility index (Phi) is 4.92. The summed E-state index contributed by atoms with van der Waals surface area (Å²) in [7, 11) is 1.54. The van der Waals surface area contributed by atoms with Crippen LogP contribution in [-0.2, 0) is 4.79 Å². The van der Waals surface area contributed by atoms with E-state index in [1.165, 1.54) is 18.9 Å². The molecule has 0 spiro atoms. The van der Waals surface area contributed by atoms with Crippen molar-refractivity contribution in [1.82, 2.24) is 0 Å². The van der Waals surface area contributed by atoms with Crippen LogP contribution in [0, 0.1) is 0 Å². The van der Waals surface area contributed by atoms with Crippen LogP contribution in [0.4, 0.5) is 0 Å². The van der Waals surface area contributed by atoms with Crippen molar-refractivity contribution in [2.24, 2.45) is 5.73 Å². The molecule has 0 aliphatic carbocycles. The monoisotopic (exact) mass is 261 g/mol. The quantitative estimate of drug-likeness (QED) is 0.628. The number of thioether (sulfide) groups is 1. The smallest absolute Gasteiger partial charge is 0.305 e. The van der Waals surface area contributed by atoms with Crippen LogP contribution in [-0.4, -0.2) is 23.6 Å². The van der Waals surface area contributed by atoms with Gasteiger partial charge in [-0.15, -0.1) is 11.8 Å². The lowest BCUT2D eigenvalue weighted by atomic mass is 10.3. The summed E-state index contributed by atoms with van der Waals surface area (Å²) >= 11 is 7.06. The Hall–Kier alpha value is -0.910. The first-order chi connectivity index (χ1) is 7.52. The van der Waals surface area contributed by atoms with Crippen LogP contribution in [0.1, 0.15) is 6.42 Å². The molecule has 1 aromatic rings. The Balaban J connectivity index is 2.78. The molecule has 1 aromatic carbocycles. The fraction of sp³-hybridized carbons (Fsp3) is 0.300. The van der Waals surface area contributed by atoms with Gasteiger partial charge in [-0.05, 0) is 18.2 Å². The van der Waals surface area contributed by atoms with E-state index in [-0.39, 0.29) is 6.42 Å². The molecule has 6 heteroatoms. The maximum Gasteiger partial charge on any atom is 0.305 e. The number of hydrogen-bond acceptors (Lipinski definition) is 4. The first-order valence-corrected chi connectivity index (χ1v) is 5.76. The minimum atomic E-state index is -0.930. The van der Waals surface area contributed by atoms with Crippen molar-refractivity contribution in [1.29, 1.82) is 0 Å². The zero-order chi connectivity index (χ0) is 12.1. The van der Waals surface area contributed by atoms with Crippen LogP contribution in [0.3, 0.4) is 0 Å². The van der Waals surface area contributed by atoms with Crippen LogP contribution in [0.15, 0.2) is 23.1 Å². The van der Waals surface area contributed by atoms with Crippen LogP contribution >= 0.6 is 23.4 Å². The number of methoxy groups -OCH3 is 1. The molecule has 0 saturated carbocycles. The largest absolute Gasteiger partial charge is 0.496 e. The maximum absolute atomic E-state index is 10.5. The molecule has 0 aliphatic rings. The second kappa shape index (κ2) is 5.98. The minimum Gasteiger partial charge on any atom is -0.496 e. The molecule has 0 saturated heterocycles. The summed E-state index contributed by atoms with van der Waals surface area (Å²) in [5.41, 5.74) is 5.66. The third-order valence-corrected chi connectivity index (χ3v) is 3.06. The molecule has 0 fully saturated rings. The average Bonchev–Trinajstić information content (AvgIpc) is 2.16. The third-order valence-electron chi connectivity index (χ3n) is 1.78. The van der Waals surface area contributed by atoms with Crippen molar-refractivity contribution in [3.05, 3.63) is 23.2 Å². The summed E-state index contributed by atoms with van der Waals surface area (Å²) < 4.78 is 5.12. The molecule has 0 amide bonds. The number of carboxylic acid groups (broad SMARTS) is 1. The van der Waals surface area contributed by atoms with Crippen molar-refractivity contribution in [3.8, 4) is 5.75 Å². The summed E-state index contributed by atoms with van der Waals surface area (Å²) in [6.45, 7) is 0. The van der Waals surface area contributed by atoms with Gasteiger partial charge in [-0.25, -0.2) is 0 Å². The minimum absolute atomic E-state index is 0.111. The second-order valence-corrected chi connectivity index (χ2v) is 4.77. The van der Waals surface area contributed by atoms with Gasteiger partial charge in [0.1, 0.15) is 5.75 Å². The molecule has 88 valence electrons. The van der Waals surface area contributed by atoms with E-state index < -0.39 is 11.3 Å². The molecular formula is C10H12ClNO3S. The number of carbonyl (C=O) groups is 1. The molecule has 4 nitrogen and oxygen atoms in total.